The van der Waals surface area contributed by atoms with Crippen LogP contribution in [-0.4, -0.2) is 4.98 Å². The van der Waals surface area contributed by atoms with Gasteiger partial charge < -0.3 is 5.73 Å². The summed E-state index contributed by atoms with van der Waals surface area (Å²) in [5.41, 5.74) is 6.22. The van der Waals surface area contributed by atoms with Gasteiger partial charge in [0.05, 0.1) is 15.7 Å². The maximum absolute atomic E-state index is 5.81. The average molecular weight is 191 g/mol. The molecule has 1 aromatic rings. The number of aromatic nitrogens is 1. The highest BCUT2D eigenvalue weighted by atomic mass is 35.5. The van der Waals surface area contributed by atoms with Gasteiger partial charge in [-0.1, -0.05) is 23.2 Å². The standard InChI is InChI=1S/C7H8Cl2N2/c1-4(10)7-6(9)5(8)2-3-11-7/h2-4H,10H2,1H3. The van der Waals surface area contributed by atoms with Crippen LogP contribution in [0.2, 0.25) is 10.0 Å². The summed E-state index contributed by atoms with van der Waals surface area (Å²) in [6.45, 7) is 1.81. The van der Waals surface area contributed by atoms with E-state index in [1.807, 2.05) is 6.92 Å². The van der Waals surface area contributed by atoms with Crippen LogP contribution < -0.4 is 5.73 Å². The minimum absolute atomic E-state index is 0.179. The molecule has 2 N–H and O–H groups in total. The number of hydrogen-bond donors (Lipinski definition) is 1. The monoisotopic (exact) mass is 190 g/mol. The molecular formula is C7H8Cl2N2. The summed E-state index contributed by atoms with van der Waals surface area (Å²) in [6, 6.07) is 1.46. The van der Waals surface area contributed by atoms with E-state index in [4.69, 9.17) is 28.9 Å². The topological polar surface area (TPSA) is 38.9 Å². The van der Waals surface area contributed by atoms with E-state index < -0.39 is 0 Å². The van der Waals surface area contributed by atoms with Crippen molar-refractivity contribution >= 4 is 23.2 Å². The molecule has 1 unspecified atom stereocenters. The summed E-state index contributed by atoms with van der Waals surface area (Å²) < 4.78 is 0. The van der Waals surface area contributed by atoms with Gasteiger partial charge in [-0.05, 0) is 13.0 Å². The third-order valence-electron chi connectivity index (χ3n) is 1.30. The first-order valence-corrected chi connectivity index (χ1v) is 3.94. The lowest BCUT2D eigenvalue weighted by molar-refractivity contribution is 0.781. The molecule has 0 saturated heterocycles. The van der Waals surface area contributed by atoms with Crippen molar-refractivity contribution in [1.82, 2.24) is 4.98 Å². The summed E-state index contributed by atoms with van der Waals surface area (Å²) in [5, 5.41) is 0.943. The van der Waals surface area contributed by atoms with Crippen molar-refractivity contribution in [3.05, 3.63) is 28.0 Å². The predicted molar refractivity (Wildman–Crippen MR) is 46.9 cm³/mol. The van der Waals surface area contributed by atoms with Gasteiger partial charge in [-0.2, -0.15) is 0 Å². The van der Waals surface area contributed by atoms with Gasteiger partial charge in [-0.25, -0.2) is 0 Å². The van der Waals surface area contributed by atoms with Crippen molar-refractivity contribution in [3.63, 3.8) is 0 Å². The molecule has 0 fully saturated rings. The van der Waals surface area contributed by atoms with Crippen LogP contribution in [0.25, 0.3) is 0 Å². The largest absolute Gasteiger partial charge is 0.323 e. The Bertz CT molecular complexity index is 261. The van der Waals surface area contributed by atoms with E-state index >= 15 is 0 Å². The number of hydrogen-bond acceptors (Lipinski definition) is 2. The van der Waals surface area contributed by atoms with E-state index in [1.54, 1.807) is 12.3 Å². The maximum Gasteiger partial charge on any atom is 0.0823 e. The van der Waals surface area contributed by atoms with Gasteiger partial charge >= 0.3 is 0 Å². The molecular weight excluding hydrogens is 183 g/mol. The maximum atomic E-state index is 5.81. The molecule has 0 aliphatic rings. The van der Waals surface area contributed by atoms with Crippen LogP contribution in [0.4, 0.5) is 0 Å². The molecule has 60 valence electrons. The Morgan fingerprint density at radius 2 is 2.18 bits per heavy atom. The molecule has 1 heterocycles. The lowest BCUT2D eigenvalue weighted by Crippen LogP contribution is -2.07. The molecule has 0 aromatic carbocycles. The second-order valence-corrected chi connectivity index (χ2v) is 3.07. The number of halogens is 2. The summed E-state index contributed by atoms with van der Waals surface area (Å²) in [5.74, 6) is 0. The van der Waals surface area contributed by atoms with Crippen LogP contribution in [0.3, 0.4) is 0 Å². The Morgan fingerprint density at radius 3 is 2.64 bits per heavy atom. The second kappa shape index (κ2) is 3.39. The molecule has 2 nitrogen and oxygen atoms in total. The van der Waals surface area contributed by atoms with Crippen LogP contribution in [0, 0.1) is 0 Å². The van der Waals surface area contributed by atoms with Crippen LogP contribution in [-0.2, 0) is 0 Å². The summed E-state index contributed by atoms with van der Waals surface area (Å²) >= 11 is 11.5. The van der Waals surface area contributed by atoms with Gasteiger partial charge in [-0.15, -0.1) is 0 Å². The summed E-state index contributed by atoms with van der Waals surface area (Å²) in [6.07, 6.45) is 1.59. The van der Waals surface area contributed by atoms with Crippen molar-refractivity contribution < 1.29 is 0 Å². The lowest BCUT2D eigenvalue weighted by atomic mass is 10.2. The van der Waals surface area contributed by atoms with Gasteiger partial charge in [0.25, 0.3) is 0 Å². The molecule has 4 heteroatoms. The minimum Gasteiger partial charge on any atom is -0.323 e. The molecule has 1 atom stereocenters. The van der Waals surface area contributed by atoms with E-state index in [0.29, 0.717) is 15.7 Å². The van der Waals surface area contributed by atoms with E-state index in [1.165, 1.54) is 0 Å². The number of nitrogens with zero attached hydrogens (tertiary/aromatic N) is 1. The molecule has 0 radical (unpaired) electrons. The van der Waals surface area contributed by atoms with Crippen molar-refractivity contribution in [2.75, 3.05) is 0 Å². The number of nitrogens with two attached hydrogens (primary N) is 1. The Labute approximate surface area is 75.3 Å². The fraction of sp³-hybridized carbons (Fsp3) is 0.286. The van der Waals surface area contributed by atoms with Gasteiger partial charge in [0.1, 0.15) is 0 Å². The zero-order valence-electron chi connectivity index (χ0n) is 6.01. The first kappa shape index (κ1) is 8.78. The van der Waals surface area contributed by atoms with Crippen LogP contribution >= 0.6 is 23.2 Å². The van der Waals surface area contributed by atoms with E-state index in [9.17, 15) is 0 Å². The third-order valence-corrected chi connectivity index (χ3v) is 2.11. The lowest BCUT2D eigenvalue weighted by Gasteiger charge is -2.06. The highest BCUT2D eigenvalue weighted by Crippen LogP contribution is 2.26. The van der Waals surface area contributed by atoms with Gasteiger partial charge in [0, 0.05) is 12.2 Å². The second-order valence-electron chi connectivity index (χ2n) is 2.28. The molecule has 1 aromatic heterocycles. The Kier molecular flexibility index (Phi) is 2.71. The van der Waals surface area contributed by atoms with Crippen molar-refractivity contribution in [1.29, 1.82) is 0 Å². The van der Waals surface area contributed by atoms with Crippen LogP contribution in [0.5, 0.6) is 0 Å². The molecule has 0 saturated carbocycles. The first-order valence-electron chi connectivity index (χ1n) is 3.18. The van der Waals surface area contributed by atoms with Gasteiger partial charge in [-0.3, -0.25) is 4.98 Å². The number of rotatable bonds is 1. The normalized spacial score (nSPS) is 13.1. The van der Waals surface area contributed by atoms with Crippen molar-refractivity contribution in [2.24, 2.45) is 5.73 Å². The molecule has 0 bridgehead atoms. The van der Waals surface area contributed by atoms with Crippen LogP contribution in [0.15, 0.2) is 12.3 Å². The fourth-order valence-corrected chi connectivity index (χ4v) is 1.19. The predicted octanol–water partition coefficient (Wildman–Crippen LogP) is 2.41. The Balaban J connectivity index is 3.17. The van der Waals surface area contributed by atoms with E-state index in [2.05, 4.69) is 4.98 Å². The Hall–Kier alpha value is -0.310. The van der Waals surface area contributed by atoms with Crippen molar-refractivity contribution in [3.8, 4) is 0 Å². The third kappa shape index (κ3) is 1.83. The molecule has 0 spiro atoms. The highest BCUT2D eigenvalue weighted by Gasteiger charge is 2.08. The highest BCUT2D eigenvalue weighted by molar-refractivity contribution is 6.42. The molecule has 0 aliphatic carbocycles. The molecule has 11 heavy (non-hydrogen) atoms. The molecule has 0 aliphatic heterocycles. The smallest absolute Gasteiger partial charge is 0.0823 e. The fourth-order valence-electron chi connectivity index (χ4n) is 0.753. The Morgan fingerprint density at radius 1 is 1.55 bits per heavy atom. The summed E-state index contributed by atoms with van der Waals surface area (Å²) in [4.78, 5) is 4.00. The summed E-state index contributed by atoms with van der Waals surface area (Å²) in [7, 11) is 0. The first-order chi connectivity index (χ1) is 5.13. The molecule has 0 amide bonds. The number of pyridine rings is 1. The van der Waals surface area contributed by atoms with Gasteiger partial charge in [0.15, 0.2) is 0 Å². The zero-order chi connectivity index (χ0) is 8.43. The average Bonchev–Trinajstić information content (AvgIpc) is 1.94. The van der Waals surface area contributed by atoms with Crippen molar-refractivity contribution in [2.45, 2.75) is 13.0 Å². The van der Waals surface area contributed by atoms with Gasteiger partial charge in [0.2, 0.25) is 0 Å². The SMILES string of the molecule is CC(N)c1nccc(Cl)c1Cl. The quantitative estimate of drug-likeness (QED) is 0.740. The van der Waals surface area contributed by atoms with Crippen LogP contribution in [0.1, 0.15) is 18.7 Å². The van der Waals surface area contributed by atoms with E-state index in [0.717, 1.165) is 0 Å². The zero-order valence-corrected chi connectivity index (χ0v) is 7.52. The van der Waals surface area contributed by atoms with E-state index in [-0.39, 0.29) is 6.04 Å². The minimum atomic E-state index is -0.179. The molecule has 1 rings (SSSR count).